The second-order valence-electron chi connectivity index (χ2n) is 5.21. The lowest BCUT2D eigenvalue weighted by Crippen LogP contribution is -2.40. The monoisotopic (exact) mass is 296 g/mol. The zero-order chi connectivity index (χ0) is 15.1. The molecule has 0 spiro atoms. The minimum absolute atomic E-state index is 0.0287. The highest BCUT2D eigenvalue weighted by molar-refractivity contribution is 8.00. The van der Waals surface area contributed by atoms with E-state index in [1.54, 1.807) is 11.8 Å². The van der Waals surface area contributed by atoms with Crippen molar-refractivity contribution in [2.75, 3.05) is 11.9 Å². The zero-order valence-corrected chi connectivity index (χ0v) is 13.3. The Bertz CT molecular complexity index is 438. The summed E-state index contributed by atoms with van der Waals surface area (Å²) in [6, 6.07) is 7.44. The molecule has 2 atom stereocenters. The first-order chi connectivity index (χ1) is 9.43. The van der Waals surface area contributed by atoms with Crippen LogP contribution >= 0.6 is 11.8 Å². The van der Waals surface area contributed by atoms with Crippen LogP contribution in [0.4, 0.5) is 10.5 Å². The molecule has 0 saturated heterocycles. The van der Waals surface area contributed by atoms with Crippen molar-refractivity contribution in [2.24, 2.45) is 5.92 Å². The molecule has 0 aliphatic carbocycles. The number of rotatable bonds is 6. The van der Waals surface area contributed by atoms with E-state index in [0.29, 0.717) is 5.25 Å². The molecule has 0 radical (unpaired) electrons. The minimum atomic E-state index is -0.241. The number of anilines is 1. The van der Waals surface area contributed by atoms with Gasteiger partial charge in [-0.2, -0.15) is 0 Å². The summed E-state index contributed by atoms with van der Waals surface area (Å²) in [5.74, 6) is 0.0287. The van der Waals surface area contributed by atoms with E-state index in [9.17, 15) is 4.79 Å². The van der Waals surface area contributed by atoms with E-state index in [-0.39, 0.29) is 24.6 Å². The average molecular weight is 296 g/mol. The van der Waals surface area contributed by atoms with Gasteiger partial charge in [0.25, 0.3) is 0 Å². The highest BCUT2D eigenvalue weighted by Gasteiger charge is 2.15. The van der Waals surface area contributed by atoms with Gasteiger partial charge in [-0.25, -0.2) is 4.79 Å². The molecule has 112 valence electrons. The molecule has 1 aromatic carbocycles. The third-order valence-corrected chi connectivity index (χ3v) is 4.08. The predicted octanol–water partition coefficient (Wildman–Crippen LogP) is 3.33. The molecule has 0 heterocycles. The van der Waals surface area contributed by atoms with Crippen LogP contribution in [0.1, 0.15) is 27.7 Å². The van der Waals surface area contributed by atoms with Crippen molar-refractivity contribution in [1.29, 1.82) is 0 Å². The number of nitrogens with one attached hydrogen (secondary N) is 2. The fraction of sp³-hybridized carbons (Fsp3) is 0.533. The molecule has 20 heavy (non-hydrogen) atoms. The molecule has 4 nitrogen and oxygen atoms in total. The molecule has 1 rings (SSSR count). The summed E-state index contributed by atoms with van der Waals surface area (Å²) in [7, 11) is 0. The van der Waals surface area contributed by atoms with Gasteiger partial charge in [0.2, 0.25) is 0 Å². The van der Waals surface area contributed by atoms with E-state index in [4.69, 9.17) is 5.11 Å². The van der Waals surface area contributed by atoms with Crippen molar-refractivity contribution in [3.63, 3.8) is 0 Å². The average Bonchev–Trinajstić information content (AvgIpc) is 2.39. The SMILES string of the molecule is CC(C)Sc1ccccc1NC(=O)NC(C)C(C)CO. The Morgan fingerprint density at radius 1 is 1.25 bits per heavy atom. The van der Waals surface area contributed by atoms with Crippen molar-refractivity contribution >= 4 is 23.5 Å². The van der Waals surface area contributed by atoms with Crippen molar-refractivity contribution in [2.45, 2.75) is 43.9 Å². The number of thioether (sulfide) groups is 1. The van der Waals surface area contributed by atoms with Crippen LogP contribution in [0, 0.1) is 5.92 Å². The number of carbonyl (C=O) groups is 1. The number of hydrogen-bond acceptors (Lipinski definition) is 3. The number of para-hydroxylation sites is 1. The lowest BCUT2D eigenvalue weighted by Gasteiger charge is -2.20. The minimum Gasteiger partial charge on any atom is -0.396 e. The second kappa shape index (κ2) is 8.17. The molecular weight excluding hydrogens is 272 g/mol. The first-order valence-corrected chi connectivity index (χ1v) is 7.76. The number of carbonyl (C=O) groups excluding carboxylic acids is 1. The maximum Gasteiger partial charge on any atom is 0.319 e. The largest absolute Gasteiger partial charge is 0.396 e. The van der Waals surface area contributed by atoms with Gasteiger partial charge in [-0.1, -0.05) is 32.9 Å². The van der Waals surface area contributed by atoms with E-state index in [1.165, 1.54) is 0 Å². The fourth-order valence-corrected chi connectivity index (χ4v) is 2.50. The molecule has 0 aromatic heterocycles. The molecule has 0 saturated carbocycles. The molecule has 0 aliphatic rings. The zero-order valence-electron chi connectivity index (χ0n) is 12.5. The van der Waals surface area contributed by atoms with Crippen LogP contribution in [-0.2, 0) is 0 Å². The second-order valence-corrected chi connectivity index (χ2v) is 6.83. The van der Waals surface area contributed by atoms with Crippen molar-refractivity contribution in [1.82, 2.24) is 5.32 Å². The number of aliphatic hydroxyl groups is 1. The molecule has 1 aromatic rings. The third kappa shape index (κ3) is 5.43. The fourth-order valence-electron chi connectivity index (χ4n) is 1.59. The van der Waals surface area contributed by atoms with E-state index in [0.717, 1.165) is 10.6 Å². The number of amides is 2. The van der Waals surface area contributed by atoms with Crippen LogP contribution in [-0.4, -0.2) is 29.0 Å². The van der Waals surface area contributed by atoms with Crippen LogP contribution in [0.15, 0.2) is 29.2 Å². The summed E-state index contributed by atoms with van der Waals surface area (Å²) < 4.78 is 0. The molecule has 0 fully saturated rings. The quantitative estimate of drug-likeness (QED) is 0.706. The summed E-state index contributed by atoms with van der Waals surface area (Å²) in [6.45, 7) is 8.07. The molecule has 0 bridgehead atoms. The first-order valence-electron chi connectivity index (χ1n) is 6.88. The number of urea groups is 1. The Labute approximate surface area is 125 Å². The summed E-state index contributed by atoms with van der Waals surface area (Å²) in [5.41, 5.74) is 0.813. The third-order valence-electron chi connectivity index (χ3n) is 3.00. The number of hydrogen-bond donors (Lipinski definition) is 3. The predicted molar refractivity (Wildman–Crippen MR) is 85.3 cm³/mol. The van der Waals surface area contributed by atoms with Crippen molar-refractivity contribution in [3.05, 3.63) is 24.3 Å². The Hall–Kier alpha value is -1.20. The Kier molecular flexibility index (Phi) is 6.88. The van der Waals surface area contributed by atoms with Crippen LogP contribution in [0.25, 0.3) is 0 Å². The lowest BCUT2D eigenvalue weighted by molar-refractivity contribution is 0.204. The molecule has 2 amide bonds. The Balaban J connectivity index is 2.66. The molecule has 3 N–H and O–H groups in total. The van der Waals surface area contributed by atoms with Crippen molar-refractivity contribution < 1.29 is 9.90 Å². The summed E-state index contributed by atoms with van der Waals surface area (Å²) in [4.78, 5) is 13.0. The highest BCUT2D eigenvalue weighted by Crippen LogP contribution is 2.29. The van der Waals surface area contributed by atoms with Gasteiger partial charge < -0.3 is 15.7 Å². The van der Waals surface area contributed by atoms with Gasteiger partial charge in [0.1, 0.15) is 0 Å². The topological polar surface area (TPSA) is 61.4 Å². The van der Waals surface area contributed by atoms with Crippen LogP contribution in [0.3, 0.4) is 0 Å². The number of benzene rings is 1. The maximum absolute atomic E-state index is 12.0. The van der Waals surface area contributed by atoms with E-state index >= 15 is 0 Å². The standard InChI is InChI=1S/C15H24N2O2S/c1-10(2)20-14-8-6-5-7-13(14)17-15(19)16-12(4)11(3)9-18/h5-8,10-12,18H,9H2,1-4H3,(H2,16,17,19). The van der Waals surface area contributed by atoms with Gasteiger partial charge in [-0.05, 0) is 25.0 Å². The van der Waals surface area contributed by atoms with Gasteiger partial charge in [0.05, 0.1) is 5.69 Å². The number of aliphatic hydroxyl groups excluding tert-OH is 1. The van der Waals surface area contributed by atoms with Gasteiger partial charge in [-0.15, -0.1) is 11.8 Å². The van der Waals surface area contributed by atoms with Gasteiger partial charge in [0, 0.05) is 22.8 Å². The van der Waals surface area contributed by atoms with E-state index < -0.39 is 0 Å². The van der Waals surface area contributed by atoms with Crippen LogP contribution in [0.5, 0.6) is 0 Å². The molecule has 0 aliphatic heterocycles. The maximum atomic E-state index is 12.0. The summed E-state index contributed by atoms with van der Waals surface area (Å²) in [5, 5.41) is 15.2. The smallest absolute Gasteiger partial charge is 0.319 e. The van der Waals surface area contributed by atoms with Gasteiger partial charge in [0.15, 0.2) is 0 Å². The van der Waals surface area contributed by atoms with Gasteiger partial charge >= 0.3 is 6.03 Å². The van der Waals surface area contributed by atoms with Crippen molar-refractivity contribution in [3.8, 4) is 0 Å². The van der Waals surface area contributed by atoms with Crippen LogP contribution in [0.2, 0.25) is 0 Å². The van der Waals surface area contributed by atoms with Crippen LogP contribution < -0.4 is 10.6 Å². The lowest BCUT2D eigenvalue weighted by atomic mass is 10.1. The Morgan fingerprint density at radius 2 is 1.90 bits per heavy atom. The molecule has 5 heteroatoms. The normalized spacial score (nSPS) is 13.9. The van der Waals surface area contributed by atoms with E-state index in [2.05, 4.69) is 24.5 Å². The Morgan fingerprint density at radius 3 is 2.50 bits per heavy atom. The summed E-state index contributed by atoms with van der Waals surface area (Å²) in [6.07, 6.45) is 0. The molecule has 2 unspecified atom stereocenters. The van der Waals surface area contributed by atoms with Gasteiger partial charge in [-0.3, -0.25) is 0 Å². The van der Waals surface area contributed by atoms with E-state index in [1.807, 2.05) is 38.1 Å². The summed E-state index contributed by atoms with van der Waals surface area (Å²) >= 11 is 1.71. The highest BCUT2D eigenvalue weighted by atomic mass is 32.2. The molecular formula is C15H24N2O2S. The first kappa shape index (κ1) is 16.9.